The van der Waals surface area contributed by atoms with Crippen LogP contribution in [0.1, 0.15) is 37.9 Å². The minimum absolute atomic E-state index is 0.0744. The predicted molar refractivity (Wildman–Crippen MR) is 76.5 cm³/mol. The maximum Gasteiger partial charge on any atom is 0.318 e. The molecule has 0 spiro atoms. The molecule has 1 unspecified atom stereocenters. The second kappa shape index (κ2) is 6.20. The van der Waals surface area contributed by atoms with Crippen molar-refractivity contribution in [2.45, 2.75) is 50.7 Å². The first-order valence-corrected chi connectivity index (χ1v) is 7.61. The molecule has 1 aromatic heterocycles. The van der Waals surface area contributed by atoms with E-state index in [-0.39, 0.29) is 18.0 Å². The van der Waals surface area contributed by atoms with E-state index in [4.69, 9.17) is 4.42 Å². The van der Waals surface area contributed by atoms with Crippen molar-refractivity contribution in [2.75, 3.05) is 6.54 Å². The third-order valence-corrected chi connectivity index (χ3v) is 3.99. The van der Waals surface area contributed by atoms with E-state index in [0.717, 1.165) is 31.4 Å². The number of carbonyl (C=O) groups is 2. The van der Waals surface area contributed by atoms with E-state index in [1.165, 1.54) is 0 Å². The highest BCUT2D eigenvalue weighted by Crippen LogP contribution is 2.28. The number of carbonyl (C=O) groups excluding carboxylic acids is 2. The molecule has 3 amide bonds. The molecule has 6 nitrogen and oxygen atoms in total. The lowest BCUT2D eigenvalue weighted by Crippen LogP contribution is -2.50. The maximum absolute atomic E-state index is 12.5. The van der Waals surface area contributed by atoms with Gasteiger partial charge in [0.1, 0.15) is 11.8 Å². The Hall–Kier alpha value is -1.98. The number of nitrogens with zero attached hydrogens (tertiary/aromatic N) is 1. The van der Waals surface area contributed by atoms with Gasteiger partial charge in [0.05, 0.1) is 12.8 Å². The van der Waals surface area contributed by atoms with Crippen LogP contribution < -0.4 is 10.6 Å². The molecule has 114 valence electrons. The molecule has 1 aromatic rings. The number of nitrogens with one attached hydrogen (secondary N) is 2. The molecule has 0 bridgehead atoms. The molecule has 1 aliphatic heterocycles. The zero-order valence-corrected chi connectivity index (χ0v) is 12.0. The Morgan fingerprint density at radius 3 is 2.95 bits per heavy atom. The molecule has 21 heavy (non-hydrogen) atoms. The average molecular weight is 291 g/mol. The Kier molecular flexibility index (Phi) is 4.13. The number of amides is 3. The monoisotopic (exact) mass is 291 g/mol. The number of hydrogen-bond donors (Lipinski definition) is 2. The first-order valence-electron chi connectivity index (χ1n) is 7.61. The summed E-state index contributed by atoms with van der Waals surface area (Å²) >= 11 is 0. The summed E-state index contributed by atoms with van der Waals surface area (Å²) in [4.78, 5) is 26.2. The number of rotatable bonds is 4. The Labute approximate surface area is 123 Å². The second-order valence-corrected chi connectivity index (χ2v) is 5.73. The van der Waals surface area contributed by atoms with E-state index < -0.39 is 6.04 Å². The van der Waals surface area contributed by atoms with Crippen molar-refractivity contribution in [3.05, 3.63) is 24.2 Å². The van der Waals surface area contributed by atoms with Gasteiger partial charge in [0.2, 0.25) is 5.91 Å². The van der Waals surface area contributed by atoms with Gasteiger partial charge in [-0.1, -0.05) is 0 Å². The number of hydrogen-bond acceptors (Lipinski definition) is 3. The highest BCUT2D eigenvalue weighted by atomic mass is 16.3. The van der Waals surface area contributed by atoms with Gasteiger partial charge in [-0.05, 0) is 44.2 Å². The molecular formula is C15H21N3O3. The fourth-order valence-electron chi connectivity index (χ4n) is 2.63. The van der Waals surface area contributed by atoms with Gasteiger partial charge < -0.3 is 20.0 Å². The van der Waals surface area contributed by atoms with Gasteiger partial charge in [-0.2, -0.15) is 0 Å². The first-order chi connectivity index (χ1) is 10.2. The third kappa shape index (κ3) is 3.56. The Morgan fingerprint density at radius 1 is 1.38 bits per heavy atom. The van der Waals surface area contributed by atoms with Crippen LogP contribution in [0.15, 0.2) is 22.8 Å². The van der Waals surface area contributed by atoms with Crippen LogP contribution in [-0.4, -0.2) is 35.5 Å². The fourth-order valence-corrected chi connectivity index (χ4v) is 2.63. The largest absolute Gasteiger partial charge is 0.467 e. The van der Waals surface area contributed by atoms with Gasteiger partial charge in [0.15, 0.2) is 0 Å². The molecule has 1 aliphatic carbocycles. The molecule has 1 saturated carbocycles. The van der Waals surface area contributed by atoms with Crippen LogP contribution in [0.2, 0.25) is 0 Å². The minimum Gasteiger partial charge on any atom is -0.467 e. The van der Waals surface area contributed by atoms with Gasteiger partial charge >= 0.3 is 6.03 Å². The van der Waals surface area contributed by atoms with Crippen LogP contribution in [0.3, 0.4) is 0 Å². The van der Waals surface area contributed by atoms with E-state index in [1.807, 2.05) is 12.1 Å². The molecule has 0 aromatic carbocycles. The summed E-state index contributed by atoms with van der Waals surface area (Å²) in [5.74, 6) is 0.692. The normalized spacial score (nSPS) is 22.3. The van der Waals surface area contributed by atoms with E-state index in [9.17, 15) is 9.59 Å². The van der Waals surface area contributed by atoms with Crippen LogP contribution in [0.25, 0.3) is 0 Å². The number of urea groups is 1. The maximum atomic E-state index is 12.5. The van der Waals surface area contributed by atoms with Gasteiger partial charge in [0.25, 0.3) is 0 Å². The summed E-state index contributed by atoms with van der Waals surface area (Å²) in [5, 5.41) is 5.71. The summed E-state index contributed by atoms with van der Waals surface area (Å²) in [6.45, 7) is 1.15. The van der Waals surface area contributed by atoms with Crippen LogP contribution >= 0.6 is 0 Å². The smallest absolute Gasteiger partial charge is 0.318 e. The molecule has 2 N–H and O–H groups in total. The van der Waals surface area contributed by atoms with E-state index >= 15 is 0 Å². The Morgan fingerprint density at radius 2 is 2.24 bits per heavy atom. The predicted octanol–water partition coefficient (Wildman–Crippen LogP) is 1.62. The molecule has 6 heteroatoms. The molecular weight excluding hydrogens is 270 g/mol. The zero-order chi connectivity index (χ0) is 14.7. The quantitative estimate of drug-likeness (QED) is 0.885. The molecule has 2 fully saturated rings. The van der Waals surface area contributed by atoms with Crippen molar-refractivity contribution in [2.24, 2.45) is 0 Å². The summed E-state index contributed by atoms with van der Waals surface area (Å²) in [5.41, 5.74) is 0. The summed E-state index contributed by atoms with van der Waals surface area (Å²) in [7, 11) is 0. The molecule has 1 atom stereocenters. The molecule has 2 aliphatic rings. The van der Waals surface area contributed by atoms with Crippen LogP contribution in [0.5, 0.6) is 0 Å². The standard InChI is InChI=1S/C15H21N3O3/c19-14-13(5-1-2-8-16-14)17-15(20)18(11-6-7-11)10-12-4-3-9-21-12/h3-4,9,11,13H,1-2,5-8,10H2,(H,16,19)(H,17,20). The van der Waals surface area contributed by atoms with Gasteiger partial charge in [0, 0.05) is 12.6 Å². The molecule has 1 saturated heterocycles. The Balaban J connectivity index is 1.62. The second-order valence-electron chi connectivity index (χ2n) is 5.73. The van der Waals surface area contributed by atoms with Crippen molar-refractivity contribution in [3.63, 3.8) is 0 Å². The van der Waals surface area contributed by atoms with E-state index in [1.54, 1.807) is 11.2 Å². The SMILES string of the molecule is O=C1NCCCCC1NC(=O)N(Cc1ccco1)C1CC1. The van der Waals surface area contributed by atoms with Crippen molar-refractivity contribution in [1.29, 1.82) is 0 Å². The van der Waals surface area contributed by atoms with Crippen molar-refractivity contribution < 1.29 is 14.0 Å². The fraction of sp³-hybridized carbons (Fsp3) is 0.600. The molecule has 0 radical (unpaired) electrons. The van der Waals surface area contributed by atoms with E-state index in [0.29, 0.717) is 19.5 Å². The van der Waals surface area contributed by atoms with Crippen molar-refractivity contribution in [3.8, 4) is 0 Å². The van der Waals surface area contributed by atoms with Gasteiger partial charge in [-0.15, -0.1) is 0 Å². The Bertz CT molecular complexity index is 496. The van der Waals surface area contributed by atoms with Crippen LogP contribution in [-0.2, 0) is 11.3 Å². The lowest BCUT2D eigenvalue weighted by atomic mass is 10.1. The molecule has 2 heterocycles. The van der Waals surface area contributed by atoms with Crippen molar-refractivity contribution in [1.82, 2.24) is 15.5 Å². The summed E-state index contributed by atoms with van der Waals surface area (Å²) in [6.07, 6.45) is 6.27. The highest BCUT2D eigenvalue weighted by Gasteiger charge is 2.35. The summed E-state index contributed by atoms with van der Waals surface area (Å²) < 4.78 is 5.32. The van der Waals surface area contributed by atoms with Gasteiger partial charge in [-0.3, -0.25) is 4.79 Å². The first kappa shape index (κ1) is 14.0. The summed E-state index contributed by atoms with van der Waals surface area (Å²) in [6, 6.07) is 3.36. The lowest BCUT2D eigenvalue weighted by molar-refractivity contribution is -0.122. The van der Waals surface area contributed by atoms with Crippen LogP contribution in [0, 0.1) is 0 Å². The third-order valence-electron chi connectivity index (χ3n) is 3.99. The molecule has 3 rings (SSSR count). The topological polar surface area (TPSA) is 74.6 Å². The van der Waals surface area contributed by atoms with Gasteiger partial charge in [-0.25, -0.2) is 4.79 Å². The van der Waals surface area contributed by atoms with Crippen LogP contribution in [0.4, 0.5) is 4.79 Å². The highest BCUT2D eigenvalue weighted by molar-refractivity contribution is 5.87. The zero-order valence-electron chi connectivity index (χ0n) is 12.0. The van der Waals surface area contributed by atoms with E-state index in [2.05, 4.69) is 10.6 Å². The lowest BCUT2D eigenvalue weighted by Gasteiger charge is -2.24. The average Bonchev–Trinajstić information content (AvgIpc) is 3.22. The van der Waals surface area contributed by atoms with Crippen molar-refractivity contribution >= 4 is 11.9 Å². The minimum atomic E-state index is -0.419. The number of furan rings is 1.